The summed E-state index contributed by atoms with van der Waals surface area (Å²) in [5.41, 5.74) is 1.85. The highest BCUT2D eigenvalue weighted by molar-refractivity contribution is 7.17. The second kappa shape index (κ2) is 8.02. The van der Waals surface area contributed by atoms with Gasteiger partial charge in [-0.2, -0.15) is 0 Å². The highest BCUT2D eigenvalue weighted by Gasteiger charge is 2.29. The molecule has 2 amide bonds. The van der Waals surface area contributed by atoms with E-state index >= 15 is 0 Å². The van der Waals surface area contributed by atoms with Crippen LogP contribution in [0.4, 0.5) is 0 Å². The fourth-order valence-electron chi connectivity index (χ4n) is 4.25. The molecule has 2 aliphatic rings. The second-order valence-corrected chi connectivity index (χ2v) is 8.61. The third-order valence-corrected chi connectivity index (χ3v) is 6.82. The van der Waals surface area contributed by atoms with Gasteiger partial charge in [-0.25, -0.2) is 0 Å². The first kappa shape index (κ1) is 18.5. The van der Waals surface area contributed by atoms with E-state index in [4.69, 9.17) is 0 Å². The third kappa shape index (κ3) is 3.89. The van der Waals surface area contributed by atoms with Gasteiger partial charge in [0.1, 0.15) is 5.69 Å². The molecule has 0 spiro atoms. The van der Waals surface area contributed by atoms with E-state index in [1.165, 1.54) is 12.8 Å². The lowest BCUT2D eigenvalue weighted by molar-refractivity contribution is -0.126. The van der Waals surface area contributed by atoms with Crippen LogP contribution in [-0.4, -0.2) is 65.4 Å². The quantitative estimate of drug-likeness (QED) is 0.855. The Bertz CT molecular complexity index is 813. The number of aryl methyl sites for hydroxylation is 1. The molecule has 2 aromatic heterocycles. The van der Waals surface area contributed by atoms with Gasteiger partial charge < -0.3 is 19.7 Å². The first-order chi connectivity index (χ1) is 13.1. The number of likely N-dealkylation sites (tertiary alicyclic amines) is 2. The number of fused-ring (bicyclic) bond motifs is 1. The average Bonchev–Trinajstić information content (AvgIpc) is 3.41. The highest BCUT2D eigenvalue weighted by atomic mass is 32.1. The molecule has 0 radical (unpaired) electrons. The van der Waals surface area contributed by atoms with E-state index in [1.807, 2.05) is 28.0 Å². The van der Waals surface area contributed by atoms with Gasteiger partial charge in [-0.3, -0.25) is 9.59 Å². The van der Waals surface area contributed by atoms with Gasteiger partial charge in [-0.15, -0.1) is 11.3 Å². The molecule has 27 heavy (non-hydrogen) atoms. The van der Waals surface area contributed by atoms with Crippen molar-refractivity contribution in [3.63, 3.8) is 0 Å². The highest BCUT2D eigenvalue weighted by Crippen LogP contribution is 2.26. The fraction of sp³-hybridized carbons (Fsp3) is 0.600. The van der Waals surface area contributed by atoms with Gasteiger partial charge in [0.2, 0.25) is 5.91 Å². The minimum atomic E-state index is 0.0320. The van der Waals surface area contributed by atoms with Gasteiger partial charge in [-0.1, -0.05) is 0 Å². The molecule has 1 N–H and O–H groups in total. The zero-order valence-electron chi connectivity index (χ0n) is 15.9. The van der Waals surface area contributed by atoms with Crippen LogP contribution < -0.4 is 5.32 Å². The number of hydrogen-bond acceptors (Lipinski definition) is 4. The third-order valence-electron chi connectivity index (χ3n) is 5.96. The van der Waals surface area contributed by atoms with Crippen molar-refractivity contribution in [2.45, 2.75) is 25.7 Å². The number of aromatic nitrogens is 1. The number of piperidine rings is 1. The SMILES string of the molecule is Cn1c(C(=O)N2CCC(C(=O)NCCN3CCCC3)CC2)cc2sccc21. The number of carbonyl (C=O) groups excluding carboxylic acids is 2. The van der Waals surface area contributed by atoms with Crippen molar-refractivity contribution in [3.8, 4) is 0 Å². The molecule has 2 aromatic rings. The maximum Gasteiger partial charge on any atom is 0.270 e. The lowest BCUT2D eigenvalue weighted by Gasteiger charge is -2.31. The number of hydrogen-bond donors (Lipinski definition) is 1. The summed E-state index contributed by atoms with van der Waals surface area (Å²) in [6, 6.07) is 4.04. The maximum atomic E-state index is 12.9. The Morgan fingerprint density at radius 3 is 2.63 bits per heavy atom. The van der Waals surface area contributed by atoms with Crippen LogP contribution in [-0.2, 0) is 11.8 Å². The minimum Gasteiger partial charge on any atom is -0.355 e. The zero-order chi connectivity index (χ0) is 18.8. The predicted octanol–water partition coefficient (Wildman–Crippen LogP) is 2.30. The van der Waals surface area contributed by atoms with Crippen LogP contribution in [0.1, 0.15) is 36.2 Å². The van der Waals surface area contributed by atoms with Crippen LogP contribution in [0.15, 0.2) is 17.5 Å². The topological polar surface area (TPSA) is 57.6 Å². The number of thiophene rings is 1. The van der Waals surface area contributed by atoms with Crippen LogP contribution in [0.2, 0.25) is 0 Å². The lowest BCUT2D eigenvalue weighted by Crippen LogP contribution is -2.44. The summed E-state index contributed by atoms with van der Waals surface area (Å²) in [6.45, 7) is 5.32. The van der Waals surface area contributed by atoms with Crippen molar-refractivity contribution >= 4 is 33.4 Å². The predicted molar refractivity (Wildman–Crippen MR) is 108 cm³/mol. The molecule has 2 saturated heterocycles. The first-order valence-electron chi connectivity index (χ1n) is 9.96. The molecular formula is C20H28N4O2S. The standard InChI is InChI=1S/C20H28N4O2S/c1-22-16-6-13-27-18(16)14-17(22)20(26)24-10-4-15(5-11-24)19(25)21-7-12-23-8-2-3-9-23/h6,13-15H,2-5,7-12H2,1H3,(H,21,25). The Labute approximate surface area is 164 Å². The van der Waals surface area contributed by atoms with E-state index in [9.17, 15) is 9.59 Å². The molecule has 0 aliphatic carbocycles. The van der Waals surface area contributed by atoms with Gasteiger partial charge in [0.15, 0.2) is 0 Å². The largest absolute Gasteiger partial charge is 0.355 e. The zero-order valence-corrected chi connectivity index (χ0v) is 16.8. The van der Waals surface area contributed by atoms with Crippen molar-refractivity contribution in [2.75, 3.05) is 39.3 Å². The molecule has 0 atom stereocenters. The molecule has 0 bridgehead atoms. The van der Waals surface area contributed by atoms with Crippen LogP contribution in [0.25, 0.3) is 10.2 Å². The summed E-state index contributed by atoms with van der Waals surface area (Å²) in [4.78, 5) is 29.6. The van der Waals surface area contributed by atoms with Crippen molar-refractivity contribution in [1.29, 1.82) is 0 Å². The van der Waals surface area contributed by atoms with E-state index in [2.05, 4.69) is 16.3 Å². The number of nitrogens with one attached hydrogen (secondary N) is 1. The smallest absolute Gasteiger partial charge is 0.270 e. The van der Waals surface area contributed by atoms with Crippen LogP contribution in [0.3, 0.4) is 0 Å². The number of rotatable bonds is 5. The Morgan fingerprint density at radius 1 is 1.19 bits per heavy atom. The van der Waals surface area contributed by atoms with Crippen LogP contribution in [0.5, 0.6) is 0 Å². The van der Waals surface area contributed by atoms with Crippen molar-refractivity contribution < 1.29 is 9.59 Å². The number of carbonyl (C=O) groups is 2. The summed E-state index contributed by atoms with van der Waals surface area (Å²) in [6.07, 6.45) is 4.05. The molecule has 4 heterocycles. The number of nitrogens with zero attached hydrogens (tertiary/aromatic N) is 3. The molecule has 2 aliphatic heterocycles. The normalized spacial score (nSPS) is 19.1. The molecule has 0 aromatic carbocycles. The summed E-state index contributed by atoms with van der Waals surface area (Å²) in [7, 11) is 1.95. The van der Waals surface area contributed by atoms with Crippen LogP contribution in [0, 0.1) is 5.92 Å². The van der Waals surface area contributed by atoms with Crippen molar-refractivity contribution in [1.82, 2.24) is 19.7 Å². The van der Waals surface area contributed by atoms with Gasteiger partial charge >= 0.3 is 0 Å². The fourth-order valence-corrected chi connectivity index (χ4v) is 5.10. The molecule has 146 valence electrons. The van der Waals surface area contributed by atoms with Crippen LogP contribution >= 0.6 is 11.3 Å². The molecule has 6 nitrogen and oxygen atoms in total. The minimum absolute atomic E-state index is 0.0320. The van der Waals surface area contributed by atoms with E-state index < -0.39 is 0 Å². The van der Waals surface area contributed by atoms with E-state index in [-0.39, 0.29) is 17.7 Å². The van der Waals surface area contributed by atoms with E-state index in [0.29, 0.717) is 13.1 Å². The lowest BCUT2D eigenvalue weighted by atomic mass is 9.95. The Morgan fingerprint density at radius 2 is 1.93 bits per heavy atom. The number of amides is 2. The van der Waals surface area contributed by atoms with E-state index in [0.717, 1.165) is 54.9 Å². The molecule has 0 saturated carbocycles. The Balaban J connectivity index is 1.26. The molecule has 7 heteroatoms. The monoisotopic (exact) mass is 388 g/mol. The van der Waals surface area contributed by atoms with Gasteiger partial charge in [-0.05, 0) is 56.3 Å². The second-order valence-electron chi connectivity index (χ2n) is 7.66. The summed E-state index contributed by atoms with van der Waals surface area (Å²) in [5, 5.41) is 5.14. The summed E-state index contributed by atoms with van der Waals surface area (Å²) in [5.74, 6) is 0.263. The molecule has 4 rings (SSSR count). The van der Waals surface area contributed by atoms with Gasteiger partial charge in [0.05, 0.1) is 10.2 Å². The first-order valence-corrected chi connectivity index (χ1v) is 10.8. The Hall–Kier alpha value is -1.86. The molecular weight excluding hydrogens is 360 g/mol. The van der Waals surface area contributed by atoms with Crippen molar-refractivity contribution in [2.24, 2.45) is 13.0 Å². The molecule has 0 unspecified atom stereocenters. The van der Waals surface area contributed by atoms with Crippen molar-refractivity contribution in [3.05, 3.63) is 23.2 Å². The van der Waals surface area contributed by atoms with Gasteiger partial charge in [0.25, 0.3) is 5.91 Å². The average molecular weight is 389 g/mol. The van der Waals surface area contributed by atoms with Gasteiger partial charge in [0, 0.05) is 39.1 Å². The molecule has 2 fully saturated rings. The summed E-state index contributed by atoms with van der Waals surface area (Å²) < 4.78 is 3.12. The Kier molecular flexibility index (Phi) is 5.50. The van der Waals surface area contributed by atoms with E-state index in [1.54, 1.807) is 11.3 Å². The maximum absolute atomic E-state index is 12.9. The summed E-state index contributed by atoms with van der Waals surface area (Å²) >= 11 is 1.66.